The lowest BCUT2D eigenvalue weighted by Gasteiger charge is -2.24. The molecule has 1 aliphatic rings. The Hall–Kier alpha value is -3.19. The maximum Gasteiger partial charge on any atom is 0.150 e. The Morgan fingerprint density at radius 2 is 2.14 bits per heavy atom. The molecule has 7 nitrogen and oxygen atoms in total. The fraction of sp³-hybridized carbons (Fsp3) is 0.286. The van der Waals surface area contributed by atoms with E-state index in [0.29, 0.717) is 6.61 Å². The van der Waals surface area contributed by atoms with Gasteiger partial charge in [0.25, 0.3) is 0 Å². The SMILES string of the molecule is c1cc(-c2ccc(OCc3ccc4[nH]ncc4c3)cn2)n(C2CCCCO2)n1. The van der Waals surface area contributed by atoms with E-state index in [1.807, 2.05) is 41.2 Å². The van der Waals surface area contributed by atoms with Gasteiger partial charge in [0.2, 0.25) is 0 Å². The second-order valence-electron chi connectivity index (χ2n) is 6.94. The molecule has 1 N–H and O–H groups in total. The van der Waals surface area contributed by atoms with Crippen molar-refractivity contribution in [1.82, 2.24) is 25.0 Å². The van der Waals surface area contributed by atoms with Gasteiger partial charge in [-0.15, -0.1) is 0 Å². The summed E-state index contributed by atoms with van der Waals surface area (Å²) in [5.41, 5.74) is 3.93. The molecule has 1 saturated heterocycles. The summed E-state index contributed by atoms with van der Waals surface area (Å²) in [6.07, 6.45) is 8.62. The molecule has 7 heteroatoms. The van der Waals surface area contributed by atoms with Gasteiger partial charge in [-0.2, -0.15) is 10.2 Å². The van der Waals surface area contributed by atoms with E-state index in [4.69, 9.17) is 9.47 Å². The van der Waals surface area contributed by atoms with Gasteiger partial charge in [0, 0.05) is 18.2 Å². The zero-order valence-electron chi connectivity index (χ0n) is 15.4. The van der Waals surface area contributed by atoms with Crippen molar-refractivity contribution in [2.45, 2.75) is 32.1 Å². The Morgan fingerprint density at radius 3 is 3.00 bits per heavy atom. The van der Waals surface area contributed by atoms with Crippen molar-refractivity contribution >= 4 is 10.9 Å². The van der Waals surface area contributed by atoms with E-state index >= 15 is 0 Å². The summed E-state index contributed by atoms with van der Waals surface area (Å²) < 4.78 is 13.7. The van der Waals surface area contributed by atoms with E-state index in [-0.39, 0.29) is 6.23 Å². The lowest BCUT2D eigenvalue weighted by Crippen LogP contribution is -2.20. The molecular weight excluding hydrogens is 354 g/mol. The van der Waals surface area contributed by atoms with Crippen molar-refractivity contribution in [3.8, 4) is 17.1 Å². The number of rotatable bonds is 5. The molecule has 0 radical (unpaired) electrons. The van der Waals surface area contributed by atoms with Crippen LogP contribution in [0.1, 0.15) is 31.1 Å². The molecule has 3 aromatic heterocycles. The Morgan fingerprint density at radius 1 is 1.14 bits per heavy atom. The van der Waals surface area contributed by atoms with Gasteiger partial charge in [-0.1, -0.05) is 6.07 Å². The number of aromatic nitrogens is 5. The average Bonchev–Trinajstić information content (AvgIpc) is 3.42. The van der Waals surface area contributed by atoms with Gasteiger partial charge in [-0.3, -0.25) is 10.1 Å². The van der Waals surface area contributed by atoms with Gasteiger partial charge in [0.05, 0.1) is 29.3 Å². The zero-order chi connectivity index (χ0) is 18.8. The van der Waals surface area contributed by atoms with Gasteiger partial charge in [0.1, 0.15) is 12.4 Å². The van der Waals surface area contributed by atoms with Gasteiger partial charge >= 0.3 is 0 Å². The minimum absolute atomic E-state index is 0.00526. The van der Waals surface area contributed by atoms with Crippen molar-refractivity contribution in [2.24, 2.45) is 0 Å². The predicted molar refractivity (Wildman–Crippen MR) is 105 cm³/mol. The van der Waals surface area contributed by atoms with E-state index in [9.17, 15) is 0 Å². The van der Waals surface area contributed by atoms with Gasteiger partial charge in [-0.05, 0) is 55.2 Å². The molecule has 28 heavy (non-hydrogen) atoms. The molecule has 0 spiro atoms. The second-order valence-corrected chi connectivity index (χ2v) is 6.94. The van der Waals surface area contributed by atoms with Crippen LogP contribution in [0.5, 0.6) is 5.75 Å². The highest BCUT2D eigenvalue weighted by atomic mass is 16.5. The smallest absolute Gasteiger partial charge is 0.150 e. The monoisotopic (exact) mass is 375 g/mol. The van der Waals surface area contributed by atoms with E-state index in [1.54, 1.807) is 12.4 Å². The van der Waals surface area contributed by atoms with Crippen molar-refractivity contribution in [1.29, 1.82) is 0 Å². The highest BCUT2D eigenvalue weighted by molar-refractivity contribution is 5.78. The maximum atomic E-state index is 5.90. The van der Waals surface area contributed by atoms with Crippen LogP contribution in [0.25, 0.3) is 22.3 Å². The van der Waals surface area contributed by atoms with Crippen LogP contribution in [0.3, 0.4) is 0 Å². The topological polar surface area (TPSA) is 77.8 Å². The molecule has 4 heterocycles. The minimum atomic E-state index is -0.00526. The summed E-state index contributed by atoms with van der Waals surface area (Å²) in [6.45, 7) is 1.27. The average molecular weight is 375 g/mol. The predicted octanol–water partition coefficient (Wildman–Crippen LogP) is 4.10. The number of benzene rings is 1. The quantitative estimate of drug-likeness (QED) is 0.568. The lowest BCUT2D eigenvalue weighted by molar-refractivity contribution is -0.0384. The Bertz CT molecular complexity index is 1060. The van der Waals surface area contributed by atoms with Gasteiger partial charge in [-0.25, -0.2) is 4.68 Å². The van der Waals surface area contributed by atoms with Crippen LogP contribution < -0.4 is 4.74 Å². The molecular formula is C21H21N5O2. The van der Waals surface area contributed by atoms with E-state index in [1.165, 1.54) is 0 Å². The fourth-order valence-electron chi connectivity index (χ4n) is 3.53. The summed E-state index contributed by atoms with van der Waals surface area (Å²) in [7, 11) is 0. The summed E-state index contributed by atoms with van der Waals surface area (Å²) in [5.74, 6) is 0.732. The first-order valence-corrected chi connectivity index (χ1v) is 9.53. The van der Waals surface area contributed by atoms with Crippen molar-refractivity contribution in [3.05, 3.63) is 60.6 Å². The molecule has 4 aromatic rings. The van der Waals surface area contributed by atoms with E-state index in [2.05, 4.69) is 26.3 Å². The van der Waals surface area contributed by atoms with Crippen molar-refractivity contribution in [2.75, 3.05) is 6.61 Å². The molecule has 0 bridgehead atoms. The number of fused-ring (bicyclic) bond motifs is 1. The Labute approximate surface area is 162 Å². The first-order valence-electron chi connectivity index (χ1n) is 9.53. The molecule has 0 amide bonds. The van der Waals surface area contributed by atoms with Gasteiger partial charge < -0.3 is 9.47 Å². The van der Waals surface area contributed by atoms with Gasteiger partial charge in [0.15, 0.2) is 6.23 Å². The molecule has 142 valence electrons. The number of nitrogens with one attached hydrogen (secondary N) is 1. The number of hydrogen-bond acceptors (Lipinski definition) is 5. The maximum absolute atomic E-state index is 5.90. The zero-order valence-corrected chi connectivity index (χ0v) is 15.4. The van der Waals surface area contributed by atoms with Crippen molar-refractivity contribution < 1.29 is 9.47 Å². The van der Waals surface area contributed by atoms with Crippen LogP contribution >= 0.6 is 0 Å². The Balaban J connectivity index is 1.29. The Kier molecular flexibility index (Phi) is 4.50. The normalized spacial score (nSPS) is 17.1. The third-order valence-corrected chi connectivity index (χ3v) is 5.01. The molecule has 5 rings (SSSR count). The van der Waals surface area contributed by atoms with Crippen LogP contribution in [0.15, 0.2) is 55.0 Å². The lowest BCUT2D eigenvalue weighted by atomic mass is 10.2. The number of ether oxygens (including phenoxy) is 2. The number of aromatic amines is 1. The molecule has 0 aliphatic carbocycles. The summed E-state index contributed by atoms with van der Waals surface area (Å²) in [6, 6.07) is 12.0. The molecule has 0 saturated carbocycles. The molecule has 1 unspecified atom stereocenters. The second kappa shape index (κ2) is 7.44. The fourth-order valence-corrected chi connectivity index (χ4v) is 3.53. The highest BCUT2D eigenvalue weighted by Gasteiger charge is 2.20. The van der Waals surface area contributed by atoms with Crippen LogP contribution in [0.4, 0.5) is 0 Å². The largest absolute Gasteiger partial charge is 0.487 e. The third kappa shape index (κ3) is 3.36. The first kappa shape index (κ1) is 16.9. The molecule has 1 atom stereocenters. The van der Waals surface area contributed by atoms with Crippen LogP contribution in [0, 0.1) is 0 Å². The van der Waals surface area contributed by atoms with Crippen LogP contribution in [-0.4, -0.2) is 31.6 Å². The highest BCUT2D eigenvalue weighted by Crippen LogP contribution is 2.28. The number of hydrogen-bond donors (Lipinski definition) is 1. The number of pyridine rings is 1. The number of nitrogens with zero attached hydrogens (tertiary/aromatic N) is 4. The summed E-state index contributed by atoms with van der Waals surface area (Å²) in [4.78, 5) is 4.57. The molecule has 1 fully saturated rings. The van der Waals surface area contributed by atoms with Crippen molar-refractivity contribution in [3.63, 3.8) is 0 Å². The van der Waals surface area contributed by atoms with Crippen LogP contribution in [0.2, 0.25) is 0 Å². The first-order chi connectivity index (χ1) is 13.9. The number of H-pyrrole nitrogens is 1. The summed E-state index contributed by atoms with van der Waals surface area (Å²) >= 11 is 0. The minimum Gasteiger partial charge on any atom is -0.487 e. The van der Waals surface area contributed by atoms with E-state index < -0.39 is 0 Å². The molecule has 1 aliphatic heterocycles. The van der Waals surface area contributed by atoms with E-state index in [0.717, 1.165) is 59.5 Å². The molecule has 1 aromatic carbocycles. The van der Waals surface area contributed by atoms with Crippen LogP contribution in [-0.2, 0) is 11.3 Å². The standard InChI is InChI=1S/C21H21N5O2/c1-2-10-27-21(3-1)26-20(8-9-24-26)19-7-5-17(13-22-19)28-14-15-4-6-18-16(11-15)12-23-25-18/h4-9,11-13,21H,1-3,10,14H2,(H,23,25). The summed E-state index contributed by atoms with van der Waals surface area (Å²) in [5, 5.41) is 12.5. The third-order valence-electron chi connectivity index (χ3n) is 5.01.